The Bertz CT molecular complexity index is 626. The minimum absolute atomic E-state index is 0.216. The third kappa shape index (κ3) is 3.29. The van der Waals surface area contributed by atoms with Gasteiger partial charge in [0.15, 0.2) is 0 Å². The molecule has 136 valence electrons. The van der Waals surface area contributed by atoms with E-state index in [0.29, 0.717) is 17.9 Å². The van der Waals surface area contributed by atoms with Crippen LogP contribution in [0.2, 0.25) is 0 Å². The fourth-order valence-corrected chi connectivity index (χ4v) is 5.47. The molecule has 2 aliphatic carbocycles. The van der Waals surface area contributed by atoms with E-state index in [1.165, 1.54) is 24.8 Å². The second kappa shape index (κ2) is 6.99. The molecule has 3 aliphatic rings. The molecule has 25 heavy (non-hydrogen) atoms. The van der Waals surface area contributed by atoms with Crippen LogP contribution in [0, 0.1) is 17.3 Å². The lowest BCUT2D eigenvalue weighted by molar-refractivity contribution is -0.135. The van der Waals surface area contributed by atoms with E-state index in [1.807, 2.05) is 12.1 Å². The Labute approximate surface area is 150 Å². The number of hydrogen-bond donors (Lipinski definition) is 2. The third-order valence-corrected chi connectivity index (χ3v) is 6.71. The van der Waals surface area contributed by atoms with Gasteiger partial charge in [-0.1, -0.05) is 18.6 Å². The van der Waals surface area contributed by atoms with Gasteiger partial charge in [-0.2, -0.15) is 0 Å². The van der Waals surface area contributed by atoms with Crippen molar-refractivity contribution in [3.8, 4) is 5.75 Å². The van der Waals surface area contributed by atoms with Crippen LogP contribution in [0.3, 0.4) is 0 Å². The number of carbonyl (C=O) groups is 1. The maximum absolute atomic E-state index is 13.4. The molecule has 4 atom stereocenters. The van der Waals surface area contributed by atoms with Gasteiger partial charge in [0.25, 0.3) is 0 Å². The van der Waals surface area contributed by atoms with E-state index < -0.39 is 0 Å². The molecule has 4 rings (SSSR count). The summed E-state index contributed by atoms with van der Waals surface area (Å²) in [4.78, 5) is 13.4. The van der Waals surface area contributed by atoms with Crippen LogP contribution in [-0.2, 0) is 11.2 Å². The van der Waals surface area contributed by atoms with E-state index in [-0.39, 0.29) is 5.41 Å². The monoisotopic (exact) mass is 342 g/mol. The molecule has 4 nitrogen and oxygen atoms in total. The number of carbonyl (C=O) groups excluding carboxylic acids is 1. The Morgan fingerprint density at radius 3 is 2.96 bits per heavy atom. The smallest absolute Gasteiger partial charge is 0.227 e. The molecule has 0 spiro atoms. The highest BCUT2D eigenvalue weighted by Crippen LogP contribution is 2.57. The molecular weight excluding hydrogens is 312 g/mol. The van der Waals surface area contributed by atoms with Crippen LogP contribution in [0.15, 0.2) is 24.3 Å². The summed E-state index contributed by atoms with van der Waals surface area (Å²) in [6, 6.07) is 8.56. The third-order valence-electron chi connectivity index (χ3n) is 6.71. The van der Waals surface area contributed by atoms with Gasteiger partial charge in [0.1, 0.15) is 5.75 Å². The number of amides is 1. The number of hydrogen-bond acceptors (Lipinski definition) is 3. The number of fused-ring (bicyclic) bond motifs is 2. The fraction of sp³-hybridized carbons (Fsp3) is 0.667. The molecule has 3 unspecified atom stereocenters. The molecule has 1 aromatic carbocycles. The van der Waals surface area contributed by atoms with E-state index in [2.05, 4.69) is 22.8 Å². The second-order valence-electron chi connectivity index (χ2n) is 8.28. The van der Waals surface area contributed by atoms with Crippen LogP contribution in [0.25, 0.3) is 0 Å². The van der Waals surface area contributed by atoms with E-state index in [0.717, 1.165) is 50.4 Å². The summed E-state index contributed by atoms with van der Waals surface area (Å²) < 4.78 is 5.39. The topological polar surface area (TPSA) is 50.4 Å². The van der Waals surface area contributed by atoms with Crippen molar-refractivity contribution in [1.82, 2.24) is 10.6 Å². The highest BCUT2D eigenvalue weighted by molar-refractivity contribution is 5.84. The van der Waals surface area contributed by atoms with E-state index in [9.17, 15) is 4.79 Å². The van der Waals surface area contributed by atoms with Crippen molar-refractivity contribution in [3.63, 3.8) is 0 Å². The molecule has 4 heteroatoms. The molecular formula is C21H30N2O2. The van der Waals surface area contributed by atoms with Crippen molar-refractivity contribution in [3.05, 3.63) is 29.8 Å². The minimum atomic E-state index is -0.216. The first-order valence-corrected chi connectivity index (χ1v) is 9.84. The minimum Gasteiger partial charge on any atom is -0.497 e. The molecule has 2 bridgehead atoms. The van der Waals surface area contributed by atoms with Crippen molar-refractivity contribution in [1.29, 1.82) is 0 Å². The Hall–Kier alpha value is -1.55. The molecule has 1 amide bonds. The summed E-state index contributed by atoms with van der Waals surface area (Å²) in [5.74, 6) is 2.47. The standard InChI is InChI=1S/C21H30N2O2/c1-25-19-6-2-4-15(11-19)12-21(13-16-7-8-17(21)10-16)20(24)23-18-5-3-9-22-14-18/h2,4,6,11,16-18,22H,3,5,7-10,12-14H2,1H3,(H,23,24)/t16?,17?,18-,21?/m0/s1. The normalized spacial score (nSPS) is 34.0. The summed E-state index contributed by atoms with van der Waals surface area (Å²) >= 11 is 0. The number of ether oxygens (including phenoxy) is 1. The summed E-state index contributed by atoms with van der Waals surface area (Å²) in [5, 5.41) is 6.81. The first-order valence-electron chi connectivity index (χ1n) is 9.84. The first-order chi connectivity index (χ1) is 12.2. The molecule has 0 aromatic heterocycles. The van der Waals surface area contributed by atoms with Gasteiger partial charge < -0.3 is 15.4 Å². The summed E-state index contributed by atoms with van der Waals surface area (Å²) in [7, 11) is 1.70. The van der Waals surface area contributed by atoms with Crippen LogP contribution in [0.1, 0.15) is 44.1 Å². The average Bonchev–Trinajstić information content (AvgIpc) is 3.24. The molecule has 3 fully saturated rings. The summed E-state index contributed by atoms with van der Waals surface area (Å²) in [6.07, 6.45) is 7.91. The Kier molecular flexibility index (Phi) is 4.72. The van der Waals surface area contributed by atoms with E-state index in [4.69, 9.17) is 4.74 Å². The number of piperidine rings is 1. The van der Waals surface area contributed by atoms with Gasteiger partial charge in [0.2, 0.25) is 5.91 Å². The molecule has 2 N–H and O–H groups in total. The lowest BCUT2D eigenvalue weighted by Crippen LogP contribution is -2.53. The van der Waals surface area contributed by atoms with Crippen LogP contribution >= 0.6 is 0 Å². The number of methoxy groups -OCH3 is 1. The maximum atomic E-state index is 13.4. The lowest BCUT2D eigenvalue weighted by atomic mass is 9.68. The van der Waals surface area contributed by atoms with E-state index in [1.54, 1.807) is 7.11 Å². The summed E-state index contributed by atoms with van der Waals surface area (Å²) in [6.45, 7) is 1.99. The maximum Gasteiger partial charge on any atom is 0.227 e. The molecule has 1 saturated heterocycles. The van der Waals surface area contributed by atoms with Gasteiger partial charge in [0, 0.05) is 12.6 Å². The van der Waals surface area contributed by atoms with Gasteiger partial charge in [-0.25, -0.2) is 0 Å². The van der Waals surface area contributed by atoms with Gasteiger partial charge in [0.05, 0.1) is 12.5 Å². The average molecular weight is 342 g/mol. The van der Waals surface area contributed by atoms with Crippen molar-refractivity contribution >= 4 is 5.91 Å². The van der Waals surface area contributed by atoms with Crippen LogP contribution in [0.5, 0.6) is 5.75 Å². The predicted molar refractivity (Wildman–Crippen MR) is 98.6 cm³/mol. The number of benzene rings is 1. The largest absolute Gasteiger partial charge is 0.497 e. The quantitative estimate of drug-likeness (QED) is 0.865. The lowest BCUT2D eigenvalue weighted by Gasteiger charge is -2.38. The molecule has 2 saturated carbocycles. The Morgan fingerprint density at radius 2 is 2.28 bits per heavy atom. The Balaban J connectivity index is 1.55. The predicted octanol–water partition coefficient (Wildman–Crippen LogP) is 2.91. The molecule has 0 radical (unpaired) electrons. The summed E-state index contributed by atoms with van der Waals surface area (Å²) in [5.41, 5.74) is 1.01. The SMILES string of the molecule is COc1cccc(CC2(C(=O)N[C@H]3CCCNC3)CC3CCC2C3)c1. The van der Waals surface area contributed by atoms with Crippen molar-refractivity contribution in [2.75, 3.05) is 20.2 Å². The highest BCUT2D eigenvalue weighted by Gasteiger charge is 2.55. The highest BCUT2D eigenvalue weighted by atomic mass is 16.5. The zero-order valence-corrected chi connectivity index (χ0v) is 15.2. The van der Waals surface area contributed by atoms with E-state index >= 15 is 0 Å². The molecule has 1 aromatic rings. The first kappa shape index (κ1) is 16.9. The second-order valence-corrected chi connectivity index (χ2v) is 8.28. The van der Waals surface area contributed by atoms with Crippen molar-refractivity contribution < 1.29 is 9.53 Å². The fourth-order valence-electron chi connectivity index (χ4n) is 5.47. The number of rotatable bonds is 5. The van der Waals surface area contributed by atoms with Crippen LogP contribution in [-0.4, -0.2) is 32.1 Å². The van der Waals surface area contributed by atoms with Crippen LogP contribution < -0.4 is 15.4 Å². The number of nitrogens with one attached hydrogen (secondary N) is 2. The zero-order chi connectivity index (χ0) is 17.3. The Morgan fingerprint density at radius 1 is 1.36 bits per heavy atom. The van der Waals surface area contributed by atoms with Gasteiger partial charge in [-0.15, -0.1) is 0 Å². The molecule has 1 aliphatic heterocycles. The molecule has 1 heterocycles. The van der Waals surface area contributed by atoms with Gasteiger partial charge in [-0.3, -0.25) is 4.79 Å². The van der Waals surface area contributed by atoms with Crippen LogP contribution in [0.4, 0.5) is 0 Å². The van der Waals surface area contributed by atoms with Gasteiger partial charge in [-0.05, 0) is 74.6 Å². The zero-order valence-electron chi connectivity index (χ0n) is 15.2. The van der Waals surface area contributed by atoms with Crippen molar-refractivity contribution in [2.24, 2.45) is 17.3 Å². The van der Waals surface area contributed by atoms with Crippen molar-refractivity contribution in [2.45, 2.75) is 51.0 Å². The van der Waals surface area contributed by atoms with Gasteiger partial charge >= 0.3 is 0 Å².